The van der Waals surface area contributed by atoms with Crippen LogP contribution in [-0.2, 0) is 13.0 Å². The van der Waals surface area contributed by atoms with E-state index in [2.05, 4.69) is 36.1 Å². The molecule has 0 aromatic heterocycles. The first kappa shape index (κ1) is 17.0. The van der Waals surface area contributed by atoms with E-state index < -0.39 is 0 Å². The van der Waals surface area contributed by atoms with Crippen LogP contribution in [0.25, 0.3) is 0 Å². The largest absolute Gasteiger partial charge is 0.489 e. The van der Waals surface area contributed by atoms with Gasteiger partial charge in [-0.3, -0.25) is 0 Å². The van der Waals surface area contributed by atoms with Crippen molar-refractivity contribution in [3.63, 3.8) is 0 Å². The minimum absolute atomic E-state index is 0.635. The van der Waals surface area contributed by atoms with Crippen molar-refractivity contribution in [3.8, 4) is 5.75 Å². The number of para-hydroxylation sites is 1. The molecule has 0 aliphatic carbocycles. The first-order chi connectivity index (χ1) is 11.8. The van der Waals surface area contributed by atoms with Gasteiger partial charge in [0.2, 0.25) is 0 Å². The third-order valence-corrected chi connectivity index (χ3v) is 4.99. The van der Waals surface area contributed by atoms with Crippen molar-refractivity contribution in [1.29, 1.82) is 0 Å². The molecule has 1 fully saturated rings. The van der Waals surface area contributed by atoms with E-state index in [9.17, 15) is 0 Å². The topological polar surface area (TPSA) is 12.5 Å². The lowest BCUT2D eigenvalue weighted by Gasteiger charge is -2.30. The Kier molecular flexibility index (Phi) is 6.31. The summed E-state index contributed by atoms with van der Waals surface area (Å²) in [7, 11) is 0. The van der Waals surface area contributed by atoms with Crippen LogP contribution in [0.5, 0.6) is 5.75 Å². The molecule has 0 saturated carbocycles. The van der Waals surface area contributed by atoms with Crippen LogP contribution >= 0.6 is 0 Å². The Morgan fingerprint density at radius 3 is 2.29 bits per heavy atom. The molecule has 0 spiro atoms. The van der Waals surface area contributed by atoms with Crippen molar-refractivity contribution in [3.05, 3.63) is 65.7 Å². The van der Waals surface area contributed by atoms with Crippen molar-refractivity contribution in [2.75, 3.05) is 19.6 Å². The van der Waals surface area contributed by atoms with Gasteiger partial charge in [0.25, 0.3) is 0 Å². The van der Waals surface area contributed by atoms with Crippen LogP contribution in [0.1, 0.15) is 37.3 Å². The summed E-state index contributed by atoms with van der Waals surface area (Å²) in [5.41, 5.74) is 2.66. The smallest absolute Gasteiger partial charge is 0.119 e. The Labute approximate surface area is 146 Å². The highest BCUT2D eigenvalue weighted by Crippen LogP contribution is 2.17. The third kappa shape index (κ3) is 5.38. The van der Waals surface area contributed by atoms with Crippen LogP contribution in [0.3, 0.4) is 0 Å². The maximum absolute atomic E-state index is 5.79. The Morgan fingerprint density at radius 2 is 1.58 bits per heavy atom. The summed E-state index contributed by atoms with van der Waals surface area (Å²) in [6, 6.07) is 18.9. The summed E-state index contributed by atoms with van der Waals surface area (Å²) in [5, 5.41) is 0. The Bertz CT molecular complexity index is 585. The molecule has 0 unspecified atom stereocenters. The predicted molar refractivity (Wildman–Crippen MR) is 100 cm³/mol. The van der Waals surface area contributed by atoms with Crippen molar-refractivity contribution in [1.82, 2.24) is 4.90 Å². The SMILES string of the molecule is CC1CCN(CCCc2ccc(COc3ccccc3)cc2)CC1. The molecule has 24 heavy (non-hydrogen) atoms. The maximum atomic E-state index is 5.79. The fourth-order valence-corrected chi connectivity index (χ4v) is 3.28. The number of benzene rings is 2. The maximum Gasteiger partial charge on any atom is 0.119 e. The molecule has 3 rings (SSSR count). The van der Waals surface area contributed by atoms with Crippen molar-refractivity contribution in [2.45, 2.75) is 39.2 Å². The molecule has 2 aromatic carbocycles. The van der Waals surface area contributed by atoms with Crippen LogP contribution in [0.15, 0.2) is 54.6 Å². The average Bonchev–Trinajstić information content (AvgIpc) is 2.64. The standard InChI is InChI=1S/C22H29NO/c1-19-13-16-23(17-14-19)15-5-6-20-9-11-21(12-10-20)18-24-22-7-3-2-4-8-22/h2-4,7-12,19H,5-6,13-18H2,1H3. The summed E-state index contributed by atoms with van der Waals surface area (Å²) in [5.74, 6) is 1.85. The van der Waals surface area contributed by atoms with E-state index in [0.29, 0.717) is 6.61 Å². The summed E-state index contributed by atoms with van der Waals surface area (Å²) >= 11 is 0. The van der Waals surface area contributed by atoms with Crippen LogP contribution in [0.4, 0.5) is 0 Å². The molecular weight excluding hydrogens is 294 g/mol. The minimum Gasteiger partial charge on any atom is -0.489 e. The summed E-state index contributed by atoms with van der Waals surface area (Å²) in [6.07, 6.45) is 5.17. The molecule has 1 aliphatic heterocycles. The van der Waals surface area contributed by atoms with Crippen molar-refractivity contribution in [2.24, 2.45) is 5.92 Å². The van der Waals surface area contributed by atoms with E-state index in [1.165, 1.54) is 56.4 Å². The molecule has 1 heterocycles. The lowest BCUT2D eigenvalue weighted by molar-refractivity contribution is 0.191. The first-order valence-electron chi connectivity index (χ1n) is 9.27. The average molecular weight is 323 g/mol. The van der Waals surface area contributed by atoms with E-state index in [0.717, 1.165) is 11.7 Å². The normalized spacial score (nSPS) is 16.2. The molecule has 2 heteroatoms. The molecule has 1 saturated heterocycles. The number of piperidine rings is 1. The third-order valence-electron chi connectivity index (χ3n) is 4.99. The lowest BCUT2D eigenvalue weighted by atomic mass is 9.99. The van der Waals surface area contributed by atoms with Crippen LogP contribution < -0.4 is 4.74 Å². The molecule has 0 radical (unpaired) electrons. The number of hydrogen-bond donors (Lipinski definition) is 0. The zero-order valence-corrected chi connectivity index (χ0v) is 14.8. The van der Waals surface area contributed by atoms with Crippen LogP contribution in [0, 0.1) is 5.92 Å². The number of rotatable bonds is 7. The lowest BCUT2D eigenvalue weighted by Crippen LogP contribution is -2.33. The second-order valence-electron chi connectivity index (χ2n) is 7.05. The van der Waals surface area contributed by atoms with Gasteiger partial charge in [0.1, 0.15) is 12.4 Å². The monoisotopic (exact) mass is 323 g/mol. The molecule has 128 valence electrons. The van der Waals surface area contributed by atoms with Gasteiger partial charge in [-0.05, 0) is 74.5 Å². The molecule has 2 aromatic rings. The molecule has 1 aliphatic rings. The number of likely N-dealkylation sites (tertiary alicyclic amines) is 1. The number of ether oxygens (including phenoxy) is 1. The molecular formula is C22H29NO. The second-order valence-corrected chi connectivity index (χ2v) is 7.05. The van der Waals surface area contributed by atoms with Gasteiger partial charge in [0.05, 0.1) is 0 Å². The quantitative estimate of drug-likeness (QED) is 0.716. The zero-order valence-electron chi connectivity index (χ0n) is 14.8. The van der Waals surface area contributed by atoms with Crippen LogP contribution in [0.2, 0.25) is 0 Å². The minimum atomic E-state index is 0.635. The van der Waals surface area contributed by atoms with Crippen LogP contribution in [-0.4, -0.2) is 24.5 Å². The van der Waals surface area contributed by atoms with Gasteiger partial charge in [0, 0.05) is 0 Å². The van der Waals surface area contributed by atoms with Gasteiger partial charge in [-0.15, -0.1) is 0 Å². The summed E-state index contributed by atoms with van der Waals surface area (Å²) in [4.78, 5) is 2.63. The van der Waals surface area contributed by atoms with E-state index in [1.807, 2.05) is 30.3 Å². The van der Waals surface area contributed by atoms with Gasteiger partial charge >= 0.3 is 0 Å². The highest BCUT2D eigenvalue weighted by Gasteiger charge is 2.14. The van der Waals surface area contributed by atoms with E-state index in [1.54, 1.807) is 0 Å². The van der Waals surface area contributed by atoms with E-state index >= 15 is 0 Å². The number of hydrogen-bond acceptors (Lipinski definition) is 2. The molecule has 0 N–H and O–H groups in total. The molecule has 0 amide bonds. The number of aryl methyl sites for hydroxylation is 1. The van der Waals surface area contributed by atoms with Gasteiger partial charge in [0.15, 0.2) is 0 Å². The predicted octanol–water partition coefficient (Wildman–Crippen LogP) is 4.93. The molecule has 0 atom stereocenters. The van der Waals surface area contributed by atoms with Gasteiger partial charge in [-0.2, -0.15) is 0 Å². The first-order valence-corrected chi connectivity index (χ1v) is 9.27. The Balaban J connectivity index is 1.38. The highest BCUT2D eigenvalue weighted by atomic mass is 16.5. The Morgan fingerprint density at radius 1 is 0.917 bits per heavy atom. The zero-order chi connectivity index (χ0) is 16.6. The van der Waals surface area contributed by atoms with E-state index in [-0.39, 0.29) is 0 Å². The molecule has 0 bridgehead atoms. The fourth-order valence-electron chi connectivity index (χ4n) is 3.28. The van der Waals surface area contributed by atoms with Gasteiger partial charge < -0.3 is 9.64 Å². The summed E-state index contributed by atoms with van der Waals surface area (Å²) < 4.78 is 5.79. The van der Waals surface area contributed by atoms with E-state index in [4.69, 9.17) is 4.74 Å². The van der Waals surface area contributed by atoms with Gasteiger partial charge in [-0.1, -0.05) is 49.4 Å². The van der Waals surface area contributed by atoms with Gasteiger partial charge in [-0.25, -0.2) is 0 Å². The highest BCUT2D eigenvalue weighted by molar-refractivity contribution is 5.24. The molecule has 2 nitrogen and oxygen atoms in total. The summed E-state index contributed by atoms with van der Waals surface area (Å²) in [6.45, 7) is 6.83. The number of nitrogens with zero attached hydrogens (tertiary/aromatic N) is 1. The van der Waals surface area contributed by atoms with Crippen molar-refractivity contribution >= 4 is 0 Å². The van der Waals surface area contributed by atoms with Crippen molar-refractivity contribution < 1.29 is 4.74 Å². The second kappa shape index (κ2) is 8.89. The fraction of sp³-hybridized carbons (Fsp3) is 0.455. The Hall–Kier alpha value is -1.80.